The second-order valence-corrected chi connectivity index (χ2v) is 4.47. The molecule has 1 rings (SSSR count). The molecule has 106 valence electrons. The van der Waals surface area contributed by atoms with Crippen molar-refractivity contribution in [3.63, 3.8) is 0 Å². The smallest absolute Gasteiger partial charge is 0.153 e. The van der Waals surface area contributed by atoms with Crippen LogP contribution in [0.2, 0.25) is 0 Å². The summed E-state index contributed by atoms with van der Waals surface area (Å²) in [4.78, 5) is 0. The van der Waals surface area contributed by atoms with E-state index in [0.717, 1.165) is 19.3 Å². The maximum absolute atomic E-state index is 13.3. The van der Waals surface area contributed by atoms with E-state index in [9.17, 15) is 9.50 Å². The van der Waals surface area contributed by atoms with E-state index in [1.54, 1.807) is 13.1 Å². The van der Waals surface area contributed by atoms with Gasteiger partial charge in [-0.15, -0.1) is 0 Å². The fourth-order valence-electron chi connectivity index (χ4n) is 2.04. The number of aliphatic hydroxyl groups excluding tert-OH is 1. The van der Waals surface area contributed by atoms with Crippen molar-refractivity contribution in [2.75, 3.05) is 7.05 Å². The molecule has 1 unspecified atom stereocenters. The van der Waals surface area contributed by atoms with Gasteiger partial charge in [0, 0.05) is 12.6 Å². The maximum atomic E-state index is 13.3. The summed E-state index contributed by atoms with van der Waals surface area (Å²) in [6.45, 7) is 2.11. The third-order valence-corrected chi connectivity index (χ3v) is 3.08. The van der Waals surface area contributed by atoms with Crippen molar-refractivity contribution in [2.45, 2.75) is 38.7 Å². The molecule has 0 spiro atoms. The summed E-state index contributed by atoms with van der Waals surface area (Å²) in [5.74, 6) is 5.26. The Kier molecular flexibility index (Phi) is 6.29. The van der Waals surface area contributed by atoms with Crippen molar-refractivity contribution in [2.24, 2.45) is 10.9 Å². The van der Waals surface area contributed by atoms with Gasteiger partial charge in [-0.05, 0) is 24.1 Å². The van der Waals surface area contributed by atoms with E-state index < -0.39 is 6.10 Å². The summed E-state index contributed by atoms with van der Waals surface area (Å²) in [6.07, 6.45) is 3.11. The molecule has 1 aromatic rings. The minimum absolute atomic E-state index is 0.365. The van der Waals surface area contributed by atoms with Gasteiger partial charge in [-0.3, -0.25) is 0 Å². The number of nitrogens with one attached hydrogen (secondary N) is 1. The molecule has 0 fully saturated rings. The van der Waals surface area contributed by atoms with Gasteiger partial charge < -0.3 is 16.3 Å². The highest BCUT2D eigenvalue weighted by atomic mass is 19.1. The molecule has 0 aliphatic rings. The molecule has 4 nitrogen and oxygen atoms in total. The highest BCUT2D eigenvalue weighted by Crippen LogP contribution is 2.24. The molecule has 1 aromatic carbocycles. The number of hydrogen-bond acceptors (Lipinski definition) is 3. The third kappa shape index (κ3) is 4.21. The molecule has 5 heteroatoms. The van der Waals surface area contributed by atoms with Gasteiger partial charge in [-0.25, -0.2) is 4.39 Å². The van der Waals surface area contributed by atoms with Gasteiger partial charge in [0.05, 0.1) is 6.10 Å². The second kappa shape index (κ2) is 7.74. The van der Waals surface area contributed by atoms with E-state index in [4.69, 9.17) is 5.84 Å². The minimum Gasteiger partial charge on any atom is -0.388 e. The van der Waals surface area contributed by atoms with E-state index >= 15 is 0 Å². The molecule has 0 aliphatic heterocycles. The Hall–Kier alpha value is -1.62. The summed E-state index contributed by atoms with van der Waals surface area (Å²) in [7, 11) is 1.66. The van der Waals surface area contributed by atoms with Gasteiger partial charge in [0.2, 0.25) is 0 Å². The zero-order valence-corrected chi connectivity index (χ0v) is 11.5. The highest BCUT2D eigenvalue weighted by molar-refractivity contribution is 5.99. The lowest BCUT2D eigenvalue weighted by molar-refractivity contribution is 0.163. The van der Waals surface area contributed by atoms with Gasteiger partial charge >= 0.3 is 0 Å². The van der Waals surface area contributed by atoms with Gasteiger partial charge in [0.1, 0.15) is 5.82 Å². The molecule has 0 saturated carbocycles. The Morgan fingerprint density at radius 2 is 2.21 bits per heavy atom. The first-order chi connectivity index (χ1) is 9.13. The lowest BCUT2D eigenvalue weighted by atomic mass is 9.97. The van der Waals surface area contributed by atoms with Crippen molar-refractivity contribution in [1.29, 1.82) is 0 Å². The van der Waals surface area contributed by atoms with Crippen LogP contribution in [0, 0.1) is 5.82 Å². The van der Waals surface area contributed by atoms with E-state index in [1.807, 2.05) is 0 Å². The van der Waals surface area contributed by atoms with Crippen LogP contribution in [0.15, 0.2) is 23.3 Å². The zero-order chi connectivity index (χ0) is 14.3. The summed E-state index contributed by atoms with van der Waals surface area (Å²) in [5.41, 5.74) is 1.16. The number of unbranched alkanes of at least 4 members (excludes halogenated alkanes) is 2. The van der Waals surface area contributed by atoms with E-state index in [0.29, 0.717) is 23.4 Å². The van der Waals surface area contributed by atoms with Crippen molar-refractivity contribution < 1.29 is 9.50 Å². The standard InChI is InChI=1S/C14H22FN3O/c1-3-4-5-6-13(19)11-8-7-10(15)9-12(11)14(17-2)18-16/h7-9,13,19H,3-6,16H2,1-2H3,(H,17,18). The largest absolute Gasteiger partial charge is 0.388 e. The molecule has 0 radical (unpaired) electrons. The van der Waals surface area contributed by atoms with Crippen molar-refractivity contribution in [3.05, 3.63) is 35.1 Å². The number of halogens is 1. The van der Waals surface area contributed by atoms with Crippen molar-refractivity contribution in [1.82, 2.24) is 5.32 Å². The number of amidine groups is 1. The Morgan fingerprint density at radius 3 is 2.79 bits per heavy atom. The monoisotopic (exact) mass is 267 g/mol. The first kappa shape index (κ1) is 15.4. The van der Waals surface area contributed by atoms with Gasteiger partial charge in [-0.1, -0.05) is 32.3 Å². The fourth-order valence-corrected chi connectivity index (χ4v) is 2.04. The zero-order valence-electron chi connectivity index (χ0n) is 11.5. The Bertz CT molecular complexity index is 435. The summed E-state index contributed by atoms with van der Waals surface area (Å²) < 4.78 is 13.3. The van der Waals surface area contributed by atoms with Crippen LogP contribution in [-0.2, 0) is 0 Å². The first-order valence-corrected chi connectivity index (χ1v) is 6.57. The normalized spacial score (nSPS) is 13.4. The molecule has 0 amide bonds. The number of benzene rings is 1. The molecule has 4 N–H and O–H groups in total. The molecule has 0 saturated heterocycles. The Morgan fingerprint density at radius 1 is 1.47 bits per heavy atom. The Balaban J connectivity index is 2.99. The molecule has 0 aromatic heterocycles. The second-order valence-electron chi connectivity index (χ2n) is 4.47. The maximum Gasteiger partial charge on any atom is 0.153 e. The number of aliphatic hydroxyl groups is 1. The number of nitrogens with zero attached hydrogens (tertiary/aromatic N) is 1. The van der Waals surface area contributed by atoms with Crippen LogP contribution in [0.25, 0.3) is 0 Å². The number of rotatable bonds is 6. The van der Waals surface area contributed by atoms with E-state index in [-0.39, 0.29) is 5.82 Å². The predicted molar refractivity (Wildman–Crippen MR) is 75.3 cm³/mol. The number of hydrogen-bond donors (Lipinski definition) is 3. The lowest BCUT2D eigenvalue weighted by Crippen LogP contribution is -2.23. The molecular formula is C14H22FN3O. The summed E-state index contributed by atoms with van der Waals surface area (Å²) in [6, 6.07) is 4.26. The van der Waals surface area contributed by atoms with Crippen LogP contribution in [-0.4, -0.2) is 18.0 Å². The van der Waals surface area contributed by atoms with Gasteiger partial charge in [0.25, 0.3) is 0 Å². The van der Waals surface area contributed by atoms with E-state index in [1.165, 1.54) is 12.1 Å². The van der Waals surface area contributed by atoms with Crippen molar-refractivity contribution in [3.8, 4) is 0 Å². The average molecular weight is 267 g/mol. The molecule has 1 atom stereocenters. The number of hydrazone groups is 1. The molecule has 0 heterocycles. The van der Waals surface area contributed by atoms with Crippen LogP contribution in [0.5, 0.6) is 0 Å². The highest BCUT2D eigenvalue weighted by Gasteiger charge is 2.16. The summed E-state index contributed by atoms with van der Waals surface area (Å²) >= 11 is 0. The number of nitrogens with two attached hydrogens (primary N) is 1. The Labute approximate surface area is 113 Å². The molecular weight excluding hydrogens is 245 g/mol. The topological polar surface area (TPSA) is 70.6 Å². The third-order valence-electron chi connectivity index (χ3n) is 3.08. The first-order valence-electron chi connectivity index (χ1n) is 6.57. The van der Waals surface area contributed by atoms with Gasteiger partial charge in [0.15, 0.2) is 5.84 Å². The SMILES string of the molecule is CCCCCC(O)c1ccc(F)cc1/C(=N/N)NC. The molecule has 19 heavy (non-hydrogen) atoms. The van der Waals surface area contributed by atoms with Crippen LogP contribution in [0.1, 0.15) is 49.8 Å². The fraction of sp³-hybridized carbons (Fsp3) is 0.500. The predicted octanol–water partition coefficient (Wildman–Crippen LogP) is 2.28. The molecule has 0 bridgehead atoms. The van der Waals surface area contributed by atoms with Gasteiger partial charge in [-0.2, -0.15) is 5.10 Å². The van der Waals surface area contributed by atoms with Crippen molar-refractivity contribution >= 4 is 5.84 Å². The van der Waals surface area contributed by atoms with Crippen LogP contribution in [0.4, 0.5) is 4.39 Å². The quantitative estimate of drug-likeness (QED) is 0.243. The average Bonchev–Trinajstić information content (AvgIpc) is 2.40. The molecule has 0 aliphatic carbocycles. The summed E-state index contributed by atoms with van der Waals surface area (Å²) in [5, 5.41) is 16.6. The van der Waals surface area contributed by atoms with E-state index in [2.05, 4.69) is 17.3 Å². The van der Waals surface area contributed by atoms with Crippen LogP contribution >= 0.6 is 0 Å². The van der Waals surface area contributed by atoms with Crippen LogP contribution in [0.3, 0.4) is 0 Å². The minimum atomic E-state index is -0.632. The van der Waals surface area contributed by atoms with Crippen LogP contribution < -0.4 is 11.2 Å². The lowest BCUT2D eigenvalue weighted by Gasteiger charge is -2.16.